The monoisotopic (exact) mass is 382 g/mol. The van der Waals surface area contributed by atoms with E-state index in [1.165, 1.54) is 0 Å². The van der Waals surface area contributed by atoms with E-state index in [1.54, 1.807) is 11.9 Å². The molecule has 0 fully saturated rings. The molecule has 0 radical (unpaired) electrons. The molecule has 1 atom stereocenters. The van der Waals surface area contributed by atoms with Crippen LogP contribution in [0.25, 0.3) is 11.1 Å². The lowest BCUT2D eigenvalue weighted by molar-refractivity contribution is -0.120. The van der Waals surface area contributed by atoms with Gasteiger partial charge >= 0.3 is 6.09 Å². The summed E-state index contributed by atoms with van der Waals surface area (Å²) in [5.41, 5.74) is 3.01. The zero-order valence-electron chi connectivity index (χ0n) is 16.0. The topological polar surface area (TPSA) is 88.1 Å². The van der Waals surface area contributed by atoms with Gasteiger partial charge in [0.1, 0.15) is 11.5 Å². The molecule has 2 N–H and O–H groups in total. The average molecular weight is 382 g/mol. The third kappa shape index (κ3) is 3.02. The zero-order valence-corrected chi connectivity index (χ0v) is 16.0. The van der Waals surface area contributed by atoms with Crippen LogP contribution in [0.15, 0.2) is 36.4 Å². The normalized spacial score (nSPS) is 19.8. The SMILES string of the molecule is CN1C(=O)COc2ccc(-c3ccc4c(c3)OCC(C)(C)C4NC(=O)O)cc21. The fraction of sp³-hybridized carbons (Fsp3) is 0.333. The van der Waals surface area contributed by atoms with Gasteiger partial charge in [0.15, 0.2) is 6.61 Å². The summed E-state index contributed by atoms with van der Waals surface area (Å²) in [5, 5.41) is 11.8. The van der Waals surface area contributed by atoms with Crippen LogP contribution in [0.4, 0.5) is 10.5 Å². The molecule has 4 rings (SSSR count). The van der Waals surface area contributed by atoms with E-state index in [4.69, 9.17) is 9.47 Å². The first kappa shape index (κ1) is 18.2. The average Bonchev–Trinajstić information content (AvgIpc) is 2.66. The van der Waals surface area contributed by atoms with Crippen molar-refractivity contribution >= 4 is 17.7 Å². The van der Waals surface area contributed by atoms with Gasteiger partial charge in [0.25, 0.3) is 5.91 Å². The van der Waals surface area contributed by atoms with Gasteiger partial charge < -0.3 is 24.8 Å². The van der Waals surface area contributed by atoms with Gasteiger partial charge in [-0.1, -0.05) is 32.0 Å². The lowest BCUT2D eigenvalue weighted by atomic mass is 9.78. The van der Waals surface area contributed by atoms with Crippen LogP contribution in [0, 0.1) is 5.41 Å². The smallest absolute Gasteiger partial charge is 0.405 e. The molecule has 2 heterocycles. The highest BCUT2D eigenvalue weighted by molar-refractivity contribution is 5.98. The van der Waals surface area contributed by atoms with E-state index in [-0.39, 0.29) is 24.0 Å². The van der Waals surface area contributed by atoms with Crippen LogP contribution < -0.4 is 19.7 Å². The summed E-state index contributed by atoms with van der Waals surface area (Å²) >= 11 is 0. The quantitative estimate of drug-likeness (QED) is 0.831. The van der Waals surface area contributed by atoms with Crippen LogP contribution in [0.1, 0.15) is 25.5 Å². The largest absolute Gasteiger partial charge is 0.493 e. The summed E-state index contributed by atoms with van der Waals surface area (Å²) in [6.07, 6.45) is -1.06. The molecule has 2 aromatic carbocycles. The number of nitrogens with zero attached hydrogens (tertiary/aromatic N) is 1. The number of hydrogen-bond acceptors (Lipinski definition) is 4. The van der Waals surface area contributed by atoms with E-state index in [0.29, 0.717) is 18.1 Å². The number of fused-ring (bicyclic) bond motifs is 2. The van der Waals surface area contributed by atoms with Crippen molar-refractivity contribution in [2.75, 3.05) is 25.2 Å². The molecular formula is C21H22N2O5. The molecule has 28 heavy (non-hydrogen) atoms. The molecule has 0 saturated heterocycles. The fourth-order valence-electron chi connectivity index (χ4n) is 3.69. The van der Waals surface area contributed by atoms with Crippen molar-refractivity contribution in [1.29, 1.82) is 0 Å². The Kier molecular flexibility index (Phi) is 4.18. The number of amides is 2. The first-order valence-corrected chi connectivity index (χ1v) is 9.06. The molecule has 7 nitrogen and oxygen atoms in total. The molecule has 0 bridgehead atoms. The second-order valence-electron chi connectivity index (χ2n) is 7.84. The van der Waals surface area contributed by atoms with Crippen molar-refractivity contribution in [3.63, 3.8) is 0 Å². The highest BCUT2D eigenvalue weighted by Gasteiger charge is 2.38. The summed E-state index contributed by atoms with van der Waals surface area (Å²) < 4.78 is 11.4. The minimum atomic E-state index is -1.06. The van der Waals surface area contributed by atoms with Gasteiger partial charge in [-0.2, -0.15) is 0 Å². The van der Waals surface area contributed by atoms with Crippen molar-refractivity contribution in [2.45, 2.75) is 19.9 Å². The molecule has 1 unspecified atom stereocenters. The molecule has 7 heteroatoms. The summed E-state index contributed by atoms with van der Waals surface area (Å²) in [4.78, 5) is 24.7. The number of ether oxygens (including phenoxy) is 2. The fourth-order valence-corrected chi connectivity index (χ4v) is 3.69. The van der Waals surface area contributed by atoms with E-state index < -0.39 is 6.09 Å². The first-order valence-electron chi connectivity index (χ1n) is 9.06. The predicted octanol–water partition coefficient (Wildman–Crippen LogP) is 3.44. The van der Waals surface area contributed by atoms with Crippen molar-refractivity contribution < 1.29 is 24.2 Å². The van der Waals surface area contributed by atoms with E-state index >= 15 is 0 Å². The van der Waals surface area contributed by atoms with Crippen molar-refractivity contribution in [3.8, 4) is 22.6 Å². The lowest BCUT2D eigenvalue weighted by Crippen LogP contribution is -2.43. The van der Waals surface area contributed by atoms with Crippen LogP contribution in [-0.2, 0) is 4.79 Å². The van der Waals surface area contributed by atoms with Crippen LogP contribution in [0.2, 0.25) is 0 Å². The summed E-state index contributed by atoms with van der Waals surface area (Å²) in [7, 11) is 1.73. The van der Waals surface area contributed by atoms with Gasteiger partial charge in [-0.15, -0.1) is 0 Å². The second kappa shape index (κ2) is 6.44. The minimum Gasteiger partial charge on any atom is -0.493 e. The molecule has 146 valence electrons. The highest BCUT2D eigenvalue weighted by atomic mass is 16.5. The molecule has 2 aromatic rings. The summed E-state index contributed by atoms with van der Waals surface area (Å²) in [6.45, 7) is 4.40. The molecule has 0 aliphatic carbocycles. The van der Waals surface area contributed by atoms with E-state index in [2.05, 4.69) is 5.32 Å². The van der Waals surface area contributed by atoms with E-state index in [0.717, 1.165) is 22.4 Å². The van der Waals surface area contributed by atoms with Gasteiger partial charge in [0, 0.05) is 18.0 Å². The van der Waals surface area contributed by atoms with Crippen LogP contribution in [-0.4, -0.2) is 37.4 Å². The third-order valence-electron chi connectivity index (χ3n) is 5.35. The molecule has 0 spiro atoms. The Balaban J connectivity index is 1.72. The van der Waals surface area contributed by atoms with Gasteiger partial charge in [0.05, 0.1) is 18.3 Å². The summed E-state index contributed by atoms with van der Waals surface area (Å²) in [6, 6.07) is 11.1. The molecule has 0 saturated carbocycles. The van der Waals surface area contributed by atoms with Gasteiger partial charge in [-0.25, -0.2) is 4.79 Å². The highest BCUT2D eigenvalue weighted by Crippen LogP contribution is 2.44. The Morgan fingerprint density at radius 3 is 2.61 bits per heavy atom. The number of anilines is 1. The Bertz CT molecular complexity index is 969. The van der Waals surface area contributed by atoms with Crippen molar-refractivity contribution in [3.05, 3.63) is 42.0 Å². The Morgan fingerprint density at radius 1 is 1.14 bits per heavy atom. The number of benzene rings is 2. The standard InChI is InChI=1S/C21H22N2O5/c1-21(2)11-28-17-9-13(4-6-14(17)19(21)22-20(25)26)12-5-7-16-15(8-12)23(3)18(24)10-27-16/h4-9,19,22H,10-11H2,1-3H3,(H,25,26). The van der Waals surface area contributed by atoms with E-state index in [1.807, 2.05) is 50.2 Å². The molecule has 2 amide bonds. The maximum Gasteiger partial charge on any atom is 0.405 e. The van der Waals surface area contributed by atoms with Gasteiger partial charge in [-0.05, 0) is 29.3 Å². The zero-order chi connectivity index (χ0) is 20.1. The maximum absolute atomic E-state index is 11.9. The van der Waals surface area contributed by atoms with Crippen LogP contribution in [0.3, 0.4) is 0 Å². The predicted molar refractivity (Wildman–Crippen MR) is 104 cm³/mol. The number of carbonyl (C=O) groups is 2. The molecular weight excluding hydrogens is 360 g/mol. The van der Waals surface area contributed by atoms with Gasteiger partial charge in [-0.3, -0.25) is 4.79 Å². The molecule has 2 aliphatic heterocycles. The Labute approximate surface area is 162 Å². The van der Waals surface area contributed by atoms with Gasteiger partial charge in [0.2, 0.25) is 0 Å². The number of hydrogen-bond donors (Lipinski definition) is 2. The Morgan fingerprint density at radius 2 is 1.86 bits per heavy atom. The van der Waals surface area contributed by atoms with Crippen molar-refractivity contribution in [1.82, 2.24) is 5.32 Å². The van der Waals surface area contributed by atoms with Crippen LogP contribution >= 0.6 is 0 Å². The van der Waals surface area contributed by atoms with Crippen molar-refractivity contribution in [2.24, 2.45) is 5.41 Å². The number of nitrogens with one attached hydrogen (secondary N) is 1. The number of carbonyl (C=O) groups excluding carboxylic acids is 1. The molecule has 2 aliphatic rings. The second-order valence-corrected chi connectivity index (χ2v) is 7.84. The number of likely N-dealkylation sites (N-methyl/N-ethyl adjacent to an activating group) is 1. The number of rotatable bonds is 2. The van der Waals surface area contributed by atoms with Crippen LogP contribution in [0.5, 0.6) is 11.5 Å². The van der Waals surface area contributed by atoms with E-state index in [9.17, 15) is 14.7 Å². The minimum absolute atomic E-state index is 0.0449. The maximum atomic E-state index is 11.9. The molecule has 0 aromatic heterocycles. The lowest BCUT2D eigenvalue weighted by Gasteiger charge is -2.39. The first-order chi connectivity index (χ1) is 13.3. The Hall–Kier alpha value is -3.22. The third-order valence-corrected chi connectivity index (χ3v) is 5.35. The summed E-state index contributed by atoms with van der Waals surface area (Å²) in [5.74, 6) is 1.24. The number of carboxylic acid groups (broad SMARTS) is 1.